The van der Waals surface area contributed by atoms with Crippen molar-refractivity contribution in [1.82, 2.24) is 0 Å². The lowest BCUT2D eigenvalue weighted by Gasteiger charge is -2.07. The van der Waals surface area contributed by atoms with Crippen molar-refractivity contribution in [2.24, 2.45) is 0 Å². The average molecular weight is 518 g/mol. The van der Waals surface area contributed by atoms with Gasteiger partial charge < -0.3 is 0 Å². The summed E-state index contributed by atoms with van der Waals surface area (Å²) in [7, 11) is -1.22. The van der Waals surface area contributed by atoms with Gasteiger partial charge in [0.15, 0.2) is 0 Å². The molecule has 0 fully saturated rings. The largest absolute Gasteiger partial charge is 0.249 e. The van der Waals surface area contributed by atoms with Crippen LogP contribution in [0.5, 0.6) is 0 Å². The number of hydrogen-bond acceptors (Lipinski definition) is 1. The Bertz CT molecular complexity index is 574. The fourth-order valence-electron chi connectivity index (χ4n) is 1.37. The molecule has 2 rings (SSSR count). The molecule has 6 heteroatoms. The first-order chi connectivity index (χ1) is 8.49. The monoisotopic (exact) mass is 514 g/mol. The molecule has 0 saturated carbocycles. The van der Waals surface area contributed by atoms with Crippen LogP contribution < -0.4 is 0 Å². The van der Waals surface area contributed by atoms with Crippen molar-refractivity contribution in [3.05, 3.63) is 54.3 Å². The van der Waals surface area contributed by atoms with E-state index in [2.05, 4.69) is 63.7 Å². The highest BCUT2D eigenvalue weighted by atomic mass is 79.9. The lowest BCUT2D eigenvalue weighted by molar-refractivity contribution is 0.682. The zero-order chi connectivity index (χ0) is 13.3. The molecule has 0 spiro atoms. The van der Waals surface area contributed by atoms with Crippen molar-refractivity contribution in [2.75, 3.05) is 0 Å². The van der Waals surface area contributed by atoms with Gasteiger partial charge in [-0.3, -0.25) is 0 Å². The molecule has 0 aromatic heterocycles. The van der Waals surface area contributed by atoms with Crippen molar-refractivity contribution in [3.63, 3.8) is 0 Å². The molecular weight excluding hydrogens is 512 g/mol. The molecule has 2 aromatic carbocycles. The molecule has 0 aliphatic heterocycles. The molecule has 18 heavy (non-hydrogen) atoms. The Morgan fingerprint density at radius 2 is 1.11 bits per heavy atom. The second kappa shape index (κ2) is 6.31. The van der Waals surface area contributed by atoms with Gasteiger partial charge in [-0.25, -0.2) is 4.21 Å². The van der Waals surface area contributed by atoms with Crippen molar-refractivity contribution in [3.8, 4) is 0 Å². The van der Waals surface area contributed by atoms with E-state index in [0.717, 1.165) is 27.7 Å². The topological polar surface area (TPSA) is 17.1 Å². The van der Waals surface area contributed by atoms with Gasteiger partial charge >= 0.3 is 0 Å². The van der Waals surface area contributed by atoms with Crippen LogP contribution in [0.1, 0.15) is 0 Å². The molecule has 0 amide bonds. The summed E-state index contributed by atoms with van der Waals surface area (Å²) in [4.78, 5) is 1.50. The van der Waals surface area contributed by atoms with E-state index in [1.165, 1.54) is 0 Å². The molecule has 94 valence electrons. The molecule has 0 atom stereocenters. The molecular formula is C12H6Br4OS. The van der Waals surface area contributed by atoms with Gasteiger partial charge in [-0.15, -0.1) is 0 Å². The van der Waals surface area contributed by atoms with Gasteiger partial charge in [0.05, 0.1) is 20.6 Å². The van der Waals surface area contributed by atoms with Crippen molar-refractivity contribution in [1.29, 1.82) is 0 Å². The van der Waals surface area contributed by atoms with E-state index in [9.17, 15) is 4.21 Å². The highest BCUT2D eigenvalue weighted by Gasteiger charge is 2.14. The third kappa shape index (κ3) is 3.33. The van der Waals surface area contributed by atoms with E-state index < -0.39 is 10.8 Å². The van der Waals surface area contributed by atoms with Crippen LogP contribution in [0.4, 0.5) is 0 Å². The summed E-state index contributed by atoms with van der Waals surface area (Å²) < 4.78 is 16.1. The van der Waals surface area contributed by atoms with Gasteiger partial charge in [-0.05, 0) is 68.3 Å². The predicted octanol–water partition coefficient (Wildman–Crippen LogP) is 5.90. The molecule has 0 heterocycles. The van der Waals surface area contributed by atoms with E-state index in [4.69, 9.17) is 0 Å². The number of hydrogen-bond donors (Lipinski definition) is 0. The van der Waals surface area contributed by atoms with Crippen LogP contribution in [0.2, 0.25) is 0 Å². The molecule has 1 nitrogen and oxygen atoms in total. The quantitative estimate of drug-likeness (QED) is 0.484. The lowest BCUT2D eigenvalue weighted by atomic mass is 10.4. The third-order valence-corrected chi connectivity index (χ3v) is 6.52. The summed E-state index contributed by atoms with van der Waals surface area (Å²) in [5.41, 5.74) is 0. The lowest BCUT2D eigenvalue weighted by Crippen LogP contribution is -1.95. The molecule has 0 radical (unpaired) electrons. The highest BCUT2D eigenvalue weighted by molar-refractivity contribution is 9.11. The van der Waals surface area contributed by atoms with Crippen LogP contribution in [-0.2, 0) is 10.8 Å². The van der Waals surface area contributed by atoms with Crippen LogP contribution in [-0.4, -0.2) is 4.21 Å². The van der Waals surface area contributed by atoms with Crippen LogP contribution in [0.25, 0.3) is 0 Å². The molecule has 0 unspecified atom stereocenters. The molecule has 0 N–H and O–H groups in total. The van der Waals surface area contributed by atoms with Gasteiger partial charge in [0.2, 0.25) is 0 Å². The second-order valence-corrected chi connectivity index (χ2v) is 8.38. The SMILES string of the molecule is O=S(c1ccc(Br)cc1Br)c1ccc(Br)cc1Br. The Balaban J connectivity index is 2.48. The summed E-state index contributed by atoms with van der Waals surface area (Å²) in [6.45, 7) is 0. The van der Waals surface area contributed by atoms with Gasteiger partial charge in [-0.2, -0.15) is 0 Å². The molecule has 2 aromatic rings. The third-order valence-electron chi connectivity index (χ3n) is 2.19. The summed E-state index contributed by atoms with van der Waals surface area (Å²) in [5.74, 6) is 0. The predicted molar refractivity (Wildman–Crippen MR) is 88.4 cm³/mol. The molecule has 0 aliphatic rings. The Morgan fingerprint density at radius 1 is 0.722 bits per heavy atom. The van der Waals surface area contributed by atoms with Gasteiger partial charge in [0, 0.05) is 17.9 Å². The van der Waals surface area contributed by atoms with Gasteiger partial charge in [0.25, 0.3) is 0 Å². The minimum Gasteiger partial charge on any atom is -0.249 e. The average Bonchev–Trinajstić information content (AvgIpc) is 2.28. The minimum absolute atomic E-state index is 0.751. The Labute approximate surface area is 141 Å². The Hall–Kier alpha value is 0.510. The number of rotatable bonds is 2. The Morgan fingerprint density at radius 3 is 1.44 bits per heavy atom. The maximum atomic E-state index is 12.5. The van der Waals surface area contributed by atoms with E-state index in [1.807, 2.05) is 36.4 Å². The first-order valence-corrected chi connectivity index (χ1v) is 9.13. The maximum absolute atomic E-state index is 12.5. The van der Waals surface area contributed by atoms with Crippen molar-refractivity contribution >= 4 is 74.5 Å². The molecule has 0 saturated heterocycles. The van der Waals surface area contributed by atoms with E-state index in [-0.39, 0.29) is 0 Å². The fraction of sp³-hybridized carbons (Fsp3) is 0. The van der Waals surface area contributed by atoms with Gasteiger partial charge in [0.1, 0.15) is 0 Å². The summed E-state index contributed by atoms with van der Waals surface area (Å²) in [6, 6.07) is 11.2. The number of benzene rings is 2. The highest BCUT2D eigenvalue weighted by Crippen LogP contribution is 2.32. The Kier molecular flexibility index (Phi) is 5.22. The van der Waals surface area contributed by atoms with Gasteiger partial charge in [-0.1, -0.05) is 31.9 Å². The summed E-state index contributed by atoms with van der Waals surface area (Å²) in [5, 5.41) is 0. The zero-order valence-electron chi connectivity index (χ0n) is 8.79. The summed E-state index contributed by atoms with van der Waals surface area (Å²) in [6.07, 6.45) is 0. The van der Waals surface area contributed by atoms with Crippen LogP contribution in [0.3, 0.4) is 0 Å². The smallest absolute Gasteiger partial charge is 0.0872 e. The minimum atomic E-state index is -1.22. The molecule has 0 aliphatic carbocycles. The first kappa shape index (κ1) is 14.9. The second-order valence-electron chi connectivity index (χ2n) is 3.42. The van der Waals surface area contributed by atoms with Crippen LogP contribution in [0.15, 0.2) is 64.1 Å². The standard InChI is InChI=1S/C12H6Br4OS/c13-7-1-3-11(9(15)5-7)18(17)12-4-2-8(14)6-10(12)16/h1-6H. The normalized spacial score (nSPS) is 10.9. The van der Waals surface area contributed by atoms with Crippen LogP contribution >= 0.6 is 63.7 Å². The van der Waals surface area contributed by atoms with Crippen molar-refractivity contribution < 1.29 is 4.21 Å². The molecule has 0 bridgehead atoms. The van der Waals surface area contributed by atoms with E-state index in [0.29, 0.717) is 0 Å². The summed E-state index contributed by atoms with van der Waals surface area (Å²) >= 11 is 13.6. The first-order valence-electron chi connectivity index (χ1n) is 4.81. The number of halogens is 4. The fourth-order valence-corrected chi connectivity index (χ4v) is 5.44. The van der Waals surface area contributed by atoms with Crippen LogP contribution in [0, 0.1) is 0 Å². The van der Waals surface area contributed by atoms with Crippen molar-refractivity contribution in [2.45, 2.75) is 9.79 Å². The van der Waals surface area contributed by atoms with E-state index >= 15 is 0 Å². The maximum Gasteiger partial charge on any atom is 0.0872 e. The zero-order valence-corrected chi connectivity index (χ0v) is 16.0. The van der Waals surface area contributed by atoms with E-state index in [1.54, 1.807) is 0 Å².